The Morgan fingerprint density at radius 3 is 2.50 bits per heavy atom. The molecule has 0 radical (unpaired) electrons. The van der Waals surface area contributed by atoms with Crippen molar-refractivity contribution in [3.8, 4) is 0 Å². The summed E-state index contributed by atoms with van der Waals surface area (Å²) in [5, 5.41) is 0. The topological polar surface area (TPSA) is 46.6 Å². The normalized spacial score (nSPS) is 17.5. The van der Waals surface area contributed by atoms with Crippen molar-refractivity contribution in [2.45, 2.75) is 4.90 Å². The summed E-state index contributed by atoms with van der Waals surface area (Å²) in [7, 11) is -1.42. The van der Waals surface area contributed by atoms with Crippen molar-refractivity contribution in [3.05, 3.63) is 30.1 Å². The van der Waals surface area contributed by atoms with Gasteiger partial charge in [-0.1, -0.05) is 0 Å². The van der Waals surface area contributed by atoms with Crippen LogP contribution in [0.3, 0.4) is 0 Å². The second-order valence-electron chi connectivity index (χ2n) is 3.94. The second kappa shape index (κ2) is 6.06. The molecular weight excluding hydrogens is 257 g/mol. The first-order chi connectivity index (χ1) is 8.66. The molecule has 98 valence electrons. The number of rotatable bonds is 3. The highest BCUT2D eigenvalue weighted by Gasteiger charge is 2.19. The highest BCUT2D eigenvalue weighted by molar-refractivity contribution is 7.85. The number of carbonyl (C=O) groups is 1. The number of benzene rings is 1. The molecule has 0 bridgehead atoms. The van der Waals surface area contributed by atoms with Gasteiger partial charge in [0.25, 0.3) is 0 Å². The van der Waals surface area contributed by atoms with E-state index in [0.29, 0.717) is 31.2 Å². The lowest BCUT2D eigenvalue weighted by atomic mass is 10.4. The summed E-state index contributed by atoms with van der Waals surface area (Å²) in [6.07, 6.45) is 0. The summed E-state index contributed by atoms with van der Waals surface area (Å²) in [6, 6.07) is 5.37. The SMILES string of the molecule is O=C(C[S@](=O)c1ccc(F)cc1)N1CCOCC1. The molecule has 0 spiro atoms. The first kappa shape index (κ1) is 13.2. The highest BCUT2D eigenvalue weighted by Crippen LogP contribution is 2.09. The Morgan fingerprint density at radius 1 is 1.28 bits per heavy atom. The zero-order valence-corrected chi connectivity index (χ0v) is 10.6. The monoisotopic (exact) mass is 271 g/mol. The van der Waals surface area contributed by atoms with Gasteiger partial charge in [0.15, 0.2) is 0 Å². The lowest BCUT2D eigenvalue weighted by Gasteiger charge is -2.26. The zero-order chi connectivity index (χ0) is 13.0. The molecule has 4 nitrogen and oxygen atoms in total. The third-order valence-corrected chi connectivity index (χ3v) is 4.00. The molecule has 1 amide bonds. The van der Waals surface area contributed by atoms with Crippen LogP contribution in [0.4, 0.5) is 4.39 Å². The number of nitrogens with zero attached hydrogens (tertiary/aromatic N) is 1. The average molecular weight is 271 g/mol. The van der Waals surface area contributed by atoms with E-state index in [4.69, 9.17) is 4.74 Å². The number of hydrogen-bond donors (Lipinski definition) is 0. The smallest absolute Gasteiger partial charge is 0.235 e. The number of morpholine rings is 1. The molecule has 0 aromatic heterocycles. The van der Waals surface area contributed by atoms with Crippen LogP contribution in [0.5, 0.6) is 0 Å². The fourth-order valence-corrected chi connectivity index (χ4v) is 2.70. The summed E-state index contributed by atoms with van der Waals surface area (Å²) < 4.78 is 29.8. The minimum atomic E-state index is -1.42. The van der Waals surface area contributed by atoms with Crippen LogP contribution in [0.1, 0.15) is 0 Å². The van der Waals surface area contributed by atoms with Crippen LogP contribution < -0.4 is 0 Å². The van der Waals surface area contributed by atoms with E-state index in [1.54, 1.807) is 4.90 Å². The quantitative estimate of drug-likeness (QED) is 0.816. The molecule has 1 aromatic carbocycles. The van der Waals surface area contributed by atoms with Crippen molar-refractivity contribution in [1.82, 2.24) is 4.90 Å². The predicted octanol–water partition coefficient (Wildman–Crippen LogP) is 0.792. The van der Waals surface area contributed by atoms with E-state index < -0.39 is 10.8 Å². The van der Waals surface area contributed by atoms with Crippen molar-refractivity contribution < 1.29 is 18.1 Å². The van der Waals surface area contributed by atoms with Crippen molar-refractivity contribution in [3.63, 3.8) is 0 Å². The Hall–Kier alpha value is -1.27. The van der Waals surface area contributed by atoms with Gasteiger partial charge in [0, 0.05) is 18.0 Å². The summed E-state index contributed by atoms with van der Waals surface area (Å²) >= 11 is 0. The molecule has 0 unspecified atom stereocenters. The van der Waals surface area contributed by atoms with Gasteiger partial charge in [-0.15, -0.1) is 0 Å². The Balaban J connectivity index is 1.94. The summed E-state index contributed by atoms with van der Waals surface area (Å²) in [4.78, 5) is 14.0. The van der Waals surface area contributed by atoms with Crippen molar-refractivity contribution in [2.24, 2.45) is 0 Å². The van der Waals surface area contributed by atoms with Gasteiger partial charge in [0.05, 0.1) is 24.0 Å². The number of carbonyl (C=O) groups excluding carboxylic acids is 1. The maximum Gasteiger partial charge on any atom is 0.235 e. The Labute approximate surface area is 107 Å². The summed E-state index contributed by atoms with van der Waals surface area (Å²) in [5.74, 6) is -0.595. The van der Waals surface area contributed by atoms with E-state index in [9.17, 15) is 13.4 Å². The van der Waals surface area contributed by atoms with E-state index in [1.165, 1.54) is 24.3 Å². The average Bonchev–Trinajstić information content (AvgIpc) is 2.40. The van der Waals surface area contributed by atoms with E-state index in [2.05, 4.69) is 0 Å². The maximum atomic E-state index is 12.7. The molecule has 1 aromatic rings. The third kappa shape index (κ3) is 3.36. The Bertz CT molecular complexity index is 443. The van der Waals surface area contributed by atoms with Crippen LogP contribution in [0, 0.1) is 5.82 Å². The fourth-order valence-electron chi connectivity index (χ4n) is 1.69. The van der Waals surface area contributed by atoms with Gasteiger partial charge in [-0.2, -0.15) is 0 Å². The van der Waals surface area contributed by atoms with Crippen molar-refractivity contribution >= 4 is 16.7 Å². The molecule has 1 aliphatic heterocycles. The van der Waals surface area contributed by atoms with E-state index in [1.807, 2.05) is 0 Å². The number of ether oxygens (including phenoxy) is 1. The van der Waals surface area contributed by atoms with Crippen LogP contribution in [0.25, 0.3) is 0 Å². The lowest BCUT2D eigenvalue weighted by molar-refractivity contribution is -0.132. The molecule has 2 rings (SSSR count). The molecule has 0 N–H and O–H groups in total. The van der Waals surface area contributed by atoms with Crippen LogP contribution in [0.15, 0.2) is 29.2 Å². The van der Waals surface area contributed by atoms with Gasteiger partial charge in [-0.05, 0) is 24.3 Å². The largest absolute Gasteiger partial charge is 0.378 e. The molecule has 1 saturated heterocycles. The molecule has 1 aliphatic rings. The molecule has 18 heavy (non-hydrogen) atoms. The molecular formula is C12H14FNO3S. The van der Waals surface area contributed by atoms with Crippen molar-refractivity contribution in [2.75, 3.05) is 32.1 Å². The van der Waals surface area contributed by atoms with Crippen molar-refractivity contribution in [1.29, 1.82) is 0 Å². The molecule has 1 heterocycles. The fraction of sp³-hybridized carbons (Fsp3) is 0.417. The summed E-state index contributed by atoms with van der Waals surface area (Å²) in [5.41, 5.74) is 0. The number of halogens is 1. The first-order valence-electron chi connectivity index (χ1n) is 5.66. The summed E-state index contributed by atoms with van der Waals surface area (Å²) in [6.45, 7) is 2.13. The van der Waals surface area contributed by atoms with Gasteiger partial charge >= 0.3 is 0 Å². The molecule has 0 saturated carbocycles. The van der Waals surface area contributed by atoms with E-state index in [-0.39, 0.29) is 17.5 Å². The molecule has 6 heteroatoms. The highest BCUT2D eigenvalue weighted by atomic mass is 32.2. The van der Waals surface area contributed by atoms with Crippen LogP contribution in [-0.2, 0) is 20.3 Å². The minimum Gasteiger partial charge on any atom is -0.378 e. The van der Waals surface area contributed by atoms with Gasteiger partial charge in [0.2, 0.25) is 5.91 Å². The van der Waals surface area contributed by atoms with E-state index in [0.717, 1.165) is 0 Å². The zero-order valence-electron chi connectivity index (χ0n) is 9.80. The van der Waals surface area contributed by atoms with E-state index >= 15 is 0 Å². The standard InChI is InChI=1S/C12H14FNO3S/c13-10-1-3-11(4-2-10)18(16)9-12(15)14-5-7-17-8-6-14/h1-4H,5-9H2/t18-/m0/s1. The Morgan fingerprint density at radius 2 is 1.89 bits per heavy atom. The van der Waals surface area contributed by atoms with Crippen LogP contribution in [-0.4, -0.2) is 47.1 Å². The second-order valence-corrected chi connectivity index (χ2v) is 5.39. The lowest BCUT2D eigenvalue weighted by Crippen LogP contribution is -2.42. The molecule has 1 fully saturated rings. The minimum absolute atomic E-state index is 0.0639. The predicted molar refractivity (Wildman–Crippen MR) is 65.1 cm³/mol. The third-order valence-electron chi connectivity index (χ3n) is 2.69. The van der Waals surface area contributed by atoms with Gasteiger partial charge in [-0.25, -0.2) is 4.39 Å². The molecule has 1 atom stereocenters. The van der Waals surface area contributed by atoms with Gasteiger partial charge in [0.1, 0.15) is 11.6 Å². The Kier molecular flexibility index (Phi) is 4.43. The number of amides is 1. The van der Waals surface area contributed by atoms with Gasteiger partial charge in [-0.3, -0.25) is 9.00 Å². The van der Waals surface area contributed by atoms with Gasteiger partial charge < -0.3 is 9.64 Å². The van der Waals surface area contributed by atoms with Crippen LogP contribution >= 0.6 is 0 Å². The van der Waals surface area contributed by atoms with Crippen LogP contribution in [0.2, 0.25) is 0 Å². The first-order valence-corrected chi connectivity index (χ1v) is 6.98. The molecule has 0 aliphatic carbocycles. The number of hydrogen-bond acceptors (Lipinski definition) is 3. The maximum absolute atomic E-state index is 12.7.